The van der Waals surface area contributed by atoms with Crippen LogP contribution in [0.4, 0.5) is 5.69 Å². The smallest absolute Gasteiger partial charge is 0.263 e. The number of thioether (sulfide) groups is 1. The van der Waals surface area contributed by atoms with Crippen LogP contribution in [0.5, 0.6) is 5.75 Å². The van der Waals surface area contributed by atoms with Crippen LogP contribution >= 0.6 is 24.0 Å². The molecule has 4 rings (SSSR count). The highest BCUT2D eigenvalue weighted by Gasteiger charge is 2.25. The second-order valence-electron chi connectivity index (χ2n) is 6.45. The van der Waals surface area contributed by atoms with Crippen molar-refractivity contribution in [1.82, 2.24) is 5.32 Å². The number of nitrogens with one attached hydrogen (secondary N) is 1. The molecule has 2 aliphatic rings. The summed E-state index contributed by atoms with van der Waals surface area (Å²) in [6.45, 7) is 1.22. The van der Waals surface area contributed by atoms with Crippen molar-refractivity contribution in [3.05, 3.63) is 64.6 Å². The van der Waals surface area contributed by atoms with E-state index >= 15 is 0 Å². The molecule has 1 fully saturated rings. The fourth-order valence-corrected chi connectivity index (χ4v) is 4.11. The number of fused-ring (bicyclic) bond motifs is 1. The molecule has 0 spiro atoms. The molecule has 0 bridgehead atoms. The third-order valence-electron chi connectivity index (χ3n) is 4.42. The predicted octanol–water partition coefficient (Wildman–Crippen LogP) is 3.12. The summed E-state index contributed by atoms with van der Waals surface area (Å²) in [7, 11) is 0. The average Bonchev–Trinajstić information content (AvgIpc) is 3.05. The summed E-state index contributed by atoms with van der Waals surface area (Å²) in [6, 6.07) is 15.2. The minimum Gasteiger partial charge on any atom is -0.490 e. The van der Waals surface area contributed by atoms with E-state index in [0.29, 0.717) is 40.4 Å². The Morgan fingerprint density at radius 2 is 2.10 bits per heavy atom. The van der Waals surface area contributed by atoms with Gasteiger partial charge in [-0.1, -0.05) is 60.4 Å². The van der Waals surface area contributed by atoms with Crippen LogP contribution in [0.1, 0.15) is 11.1 Å². The summed E-state index contributed by atoms with van der Waals surface area (Å²) in [4.78, 5) is 26.8. The molecule has 2 aromatic carbocycles. The highest BCUT2D eigenvalue weighted by atomic mass is 32.2. The molecule has 2 aliphatic heterocycles. The van der Waals surface area contributed by atoms with Gasteiger partial charge in [0.25, 0.3) is 11.8 Å². The molecule has 0 aliphatic carbocycles. The molecule has 6 nitrogen and oxygen atoms in total. The third-order valence-corrected chi connectivity index (χ3v) is 5.59. The Morgan fingerprint density at radius 1 is 1.28 bits per heavy atom. The van der Waals surface area contributed by atoms with E-state index in [9.17, 15) is 9.59 Å². The van der Waals surface area contributed by atoms with Crippen LogP contribution in [0.3, 0.4) is 0 Å². The Bertz CT molecular complexity index is 991. The van der Waals surface area contributed by atoms with Gasteiger partial charge < -0.3 is 19.7 Å². The van der Waals surface area contributed by atoms with E-state index in [1.165, 1.54) is 11.8 Å². The number of anilines is 1. The third kappa shape index (κ3) is 4.67. The minimum atomic E-state index is -0.212. The number of carbonyl (C=O) groups excluding carboxylic acids is 2. The molecule has 148 valence electrons. The van der Waals surface area contributed by atoms with Gasteiger partial charge in [-0.25, -0.2) is 0 Å². The molecule has 0 atom stereocenters. The molecule has 0 saturated carbocycles. The van der Waals surface area contributed by atoms with Crippen molar-refractivity contribution in [2.24, 2.45) is 0 Å². The van der Waals surface area contributed by atoms with Gasteiger partial charge in [-0.05, 0) is 29.3 Å². The van der Waals surface area contributed by atoms with Crippen LogP contribution in [-0.4, -0.2) is 35.9 Å². The summed E-state index contributed by atoms with van der Waals surface area (Å²) in [5.41, 5.74) is 2.48. The lowest BCUT2D eigenvalue weighted by Crippen LogP contribution is -2.40. The van der Waals surface area contributed by atoms with E-state index in [1.807, 2.05) is 48.5 Å². The number of nitrogens with zero attached hydrogens (tertiary/aromatic N) is 1. The van der Waals surface area contributed by atoms with Gasteiger partial charge in [0.05, 0.1) is 23.7 Å². The number of ether oxygens (including phenoxy) is 2. The molecule has 0 aromatic heterocycles. The second-order valence-corrected chi connectivity index (χ2v) is 8.17. The monoisotopic (exact) mass is 426 g/mol. The van der Waals surface area contributed by atoms with Crippen LogP contribution < -0.4 is 15.0 Å². The lowest BCUT2D eigenvalue weighted by Gasteiger charge is -2.29. The molecular formula is C21H18N2O4S2. The van der Waals surface area contributed by atoms with Crippen molar-refractivity contribution in [2.75, 3.05) is 24.7 Å². The molecule has 1 N–H and O–H groups in total. The van der Waals surface area contributed by atoms with E-state index in [1.54, 1.807) is 11.0 Å². The highest BCUT2D eigenvalue weighted by molar-refractivity contribution is 8.26. The zero-order valence-corrected chi connectivity index (χ0v) is 17.1. The first kappa shape index (κ1) is 19.6. The molecular weight excluding hydrogens is 408 g/mol. The maximum absolute atomic E-state index is 12.7. The van der Waals surface area contributed by atoms with E-state index in [0.717, 1.165) is 11.1 Å². The largest absolute Gasteiger partial charge is 0.490 e. The van der Waals surface area contributed by atoms with Crippen molar-refractivity contribution in [1.29, 1.82) is 0 Å². The first-order valence-electron chi connectivity index (χ1n) is 9.04. The lowest BCUT2D eigenvalue weighted by molar-refractivity contribution is -0.123. The molecule has 8 heteroatoms. The van der Waals surface area contributed by atoms with Crippen molar-refractivity contribution in [3.8, 4) is 5.75 Å². The second kappa shape index (κ2) is 8.77. The summed E-state index contributed by atoms with van der Waals surface area (Å²) in [5, 5.41) is 2.59. The van der Waals surface area contributed by atoms with Crippen LogP contribution in [0.15, 0.2) is 53.4 Å². The van der Waals surface area contributed by atoms with Crippen LogP contribution in [-0.2, 0) is 20.9 Å². The number of rotatable bonds is 5. The Kier molecular flexibility index (Phi) is 5.94. The van der Waals surface area contributed by atoms with Crippen molar-refractivity contribution >= 4 is 51.9 Å². The van der Waals surface area contributed by atoms with E-state index in [-0.39, 0.29) is 18.4 Å². The van der Waals surface area contributed by atoms with Gasteiger partial charge >= 0.3 is 0 Å². The van der Waals surface area contributed by atoms with Gasteiger partial charge in [0.1, 0.15) is 23.3 Å². The zero-order chi connectivity index (χ0) is 20.2. The first-order valence-corrected chi connectivity index (χ1v) is 10.3. The van der Waals surface area contributed by atoms with Crippen molar-refractivity contribution in [3.63, 3.8) is 0 Å². The number of amides is 2. The molecule has 2 amide bonds. The van der Waals surface area contributed by atoms with Gasteiger partial charge in [-0.2, -0.15) is 0 Å². The summed E-state index contributed by atoms with van der Waals surface area (Å²) in [6.07, 6.45) is 1.75. The lowest BCUT2D eigenvalue weighted by atomic mass is 10.1. The van der Waals surface area contributed by atoms with Crippen LogP contribution in [0, 0.1) is 0 Å². The quantitative estimate of drug-likeness (QED) is 0.585. The van der Waals surface area contributed by atoms with Gasteiger partial charge in [0.15, 0.2) is 0 Å². The van der Waals surface area contributed by atoms with E-state index < -0.39 is 0 Å². The Labute approximate surface area is 177 Å². The summed E-state index contributed by atoms with van der Waals surface area (Å²) < 4.78 is 11.7. The van der Waals surface area contributed by atoms with E-state index in [4.69, 9.17) is 21.7 Å². The van der Waals surface area contributed by atoms with E-state index in [2.05, 4.69) is 5.32 Å². The topological polar surface area (TPSA) is 67.9 Å². The van der Waals surface area contributed by atoms with Crippen molar-refractivity contribution < 1.29 is 19.1 Å². The number of carbonyl (C=O) groups is 2. The van der Waals surface area contributed by atoms with Gasteiger partial charge in [0, 0.05) is 0 Å². The zero-order valence-electron chi connectivity index (χ0n) is 15.4. The highest BCUT2D eigenvalue weighted by Crippen LogP contribution is 2.34. The fraction of sp³-hybridized carbons (Fsp3) is 0.190. The Morgan fingerprint density at radius 3 is 2.86 bits per heavy atom. The standard InChI is InChI=1S/C21H18N2O4S2/c24-19(13-26-12-14-4-2-1-3-5-14)23-8-9-27-17-7-6-15(10-16(17)23)11-18-20(25)22-21(28)29-18/h1-7,10-11H,8-9,12-13H2,(H,22,25,28). The van der Waals surface area contributed by atoms with Crippen molar-refractivity contribution in [2.45, 2.75) is 6.61 Å². The normalized spacial score (nSPS) is 17.1. The maximum Gasteiger partial charge on any atom is 0.263 e. The number of hydrogen-bond donors (Lipinski definition) is 1. The van der Waals surface area contributed by atoms with Gasteiger partial charge in [-0.3, -0.25) is 9.59 Å². The van der Waals surface area contributed by atoms with Crippen LogP contribution in [0.2, 0.25) is 0 Å². The number of hydrogen-bond acceptors (Lipinski definition) is 6. The maximum atomic E-state index is 12.7. The molecule has 1 saturated heterocycles. The molecule has 0 unspecified atom stereocenters. The number of benzene rings is 2. The fourth-order valence-electron chi connectivity index (χ4n) is 3.06. The Balaban J connectivity index is 1.48. The predicted molar refractivity (Wildman–Crippen MR) is 117 cm³/mol. The number of thiocarbonyl (C=S) groups is 1. The van der Waals surface area contributed by atoms with Crippen LogP contribution in [0.25, 0.3) is 6.08 Å². The molecule has 0 radical (unpaired) electrons. The Hall–Kier alpha value is -2.68. The minimum absolute atomic E-state index is 0.0216. The molecule has 29 heavy (non-hydrogen) atoms. The first-order chi connectivity index (χ1) is 14.1. The summed E-state index contributed by atoms with van der Waals surface area (Å²) >= 11 is 6.24. The summed E-state index contributed by atoms with van der Waals surface area (Å²) in [5.74, 6) is 0.287. The molecule has 2 heterocycles. The molecule has 2 aromatic rings. The SMILES string of the molecule is O=C1NC(=S)SC1=Cc1ccc2c(c1)N(C(=O)COCc1ccccc1)CCO2. The average molecular weight is 427 g/mol. The van der Waals surface area contributed by atoms with Gasteiger partial charge in [0.2, 0.25) is 0 Å². The van der Waals surface area contributed by atoms with Gasteiger partial charge in [-0.15, -0.1) is 0 Å².